The van der Waals surface area contributed by atoms with Crippen molar-refractivity contribution in [2.24, 2.45) is 11.8 Å². The van der Waals surface area contributed by atoms with Gasteiger partial charge in [0.1, 0.15) is 5.78 Å². The van der Waals surface area contributed by atoms with E-state index in [9.17, 15) is 4.79 Å². The normalized spacial score (nSPS) is 27.1. The van der Waals surface area contributed by atoms with Crippen LogP contribution in [-0.2, 0) is 10.3 Å². The predicted molar refractivity (Wildman–Crippen MR) is 60.9 cm³/mol. The van der Waals surface area contributed by atoms with Crippen molar-refractivity contribution >= 4 is 5.78 Å². The number of rotatable bonds is 2. The largest absolute Gasteiger partial charge is 0.299 e. The molecule has 1 saturated carbocycles. The monoisotopic (exact) mass is 221 g/mol. The van der Waals surface area contributed by atoms with Gasteiger partial charge in [-0.3, -0.25) is 4.79 Å². The molecule has 16 heavy (non-hydrogen) atoms. The van der Waals surface area contributed by atoms with Gasteiger partial charge in [0, 0.05) is 18.5 Å². The van der Waals surface area contributed by atoms with Crippen molar-refractivity contribution in [3.05, 3.63) is 12.4 Å². The van der Waals surface area contributed by atoms with Crippen LogP contribution in [-0.4, -0.2) is 20.8 Å². The summed E-state index contributed by atoms with van der Waals surface area (Å²) >= 11 is 0. The Morgan fingerprint density at radius 2 is 2.19 bits per heavy atom. The fourth-order valence-electron chi connectivity index (χ4n) is 2.62. The molecule has 0 spiro atoms. The molecule has 0 aromatic carbocycles. The third kappa shape index (κ3) is 1.88. The highest BCUT2D eigenvalue weighted by atomic mass is 16.1. The maximum absolute atomic E-state index is 12.1. The second kappa shape index (κ2) is 4.00. The lowest BCUT2D eigenvalue weighted by molar-refractivity contribution is -0.129. The van der Waals surface area contributed by atoms with Crippen molar-refractivity contribution in [2.45, 2.75) is 45.6 Å². The van der Waals surface area contributed by atoms with Crippen LogP contribution in [0.2, 0.25) is 0 Å². The van der Waals surface area contributed by atoms with Crippen LogP contribution in [0.3, 0.4) is 0 Å². The standard InChI is InChI=1S/C12H19N3O/c1-9-4-5-10(11(16)8-9)12(2,3)15-7-6-13-14-15/h6-7,9-10H,4-5,8H2,1-3H3/t9-,10?/m1/s1. The summed E-state index contributed by atoms with van der Waals surface area (Å²) in [6.07, 6.45) is 6.31. The molecule has 1 heterocycles. The second-order valence-electron chi connectivity index (χ2n) is 5.41. The Labute approximate surface area is 96.0 Å². The summed E-state index contributed by atoms with van der Waals surface area (Å²) in [5.41, 5.74) is -0.256. The highest BCUT2D eigenvalue weighted by Gasteiger charge is 2.39. The third-order valence-electron chi connectivity index (χ3n) is 3.75. The van der Waals surface area contributed by atoms with E-state index in [0.717, 1.165) is 12.8 Å². The highest BCUT2D eigenvalue weighted by Crippen LogP contribution is 2.36. The minimum atomic E-state index is -0.256. The first-order valence-corrected chi connectivity index (χ1v) is 5.91. The summed E-state index contributed by atoms with van der Waals surface area (Å²) in [5.74, 6) is 0.986. The lowest BCUT2D eigenvalue weighted by Gasteiger charge is -2.37. The van der Waals surface area contributed by atoms with E-state index in [-0.39, 0.29) is 11.5 Å². The first-order valence-electron chi connectivity index (χ1n) is 5.91. The van der Waals surface area contributed by atoms with Gasteiger partial charge in [-0.15, -0.1) is 5.10 Å². The zero-order valence-electron chi connectivity index (χ0n) is 10.2. The summed E-state index contributed by atoms with van der Waals surface area (Å²) < 4.78 is 1.81. The van der Waals surface area contributed by atoms with E-state index in [1.807, 2.05) is 10.9 Å². The minimum absolute atomic E-state index is 0.0744. The Hall–Kier alpha value is -1.19. The number of aromatic nitrogens is 3. The Morgan fingerprint density at radius 1 is 1.44 bits per heavy atom. The van der Waals surface area contributed by atoms with Crippen LogP contribution in [0.4, 0.5) is 0 Å². The molecule has 1 aliphatic rings. The van der Waals surface area contributed by atoms with Crippen molar-refractivity contribution in [1.82, 2.24) is 15.0 Å². The van der Waals surface area contributed by atoms with Crippen molar-refractivity contribution in [1.29, 1.82) is 0 Å². The van der Waals surface area contributed by atoms with E-state index in [1.165, 1.54) is 0 Å². The molecule has 1 aromatic heterocycles. The second-order valence-corrected chi connectivity index (χ2v) is 5.41. The van der Waals surface area contributed by atoms with Gasteiger partial charge in [-0.1, -0.05) is 12.1 Å². The van der Waals surface area contributed by atoms with Crippen LogP contribution in [0.5, 0.6) is 0 Å². The van der Waals surface area contributed by atoms with E-state index in [1.54, 1.807) is 6.20 Å². The number of carbonyl (C=O) groups excluding carboxylic acids is 1. The average molecular weight is 221 g/mol. The Kier molecular flexibility index (Phi) is 2.82. The molecule has 1 aliphatic carbocycles. The summed E-state index contributed by atoms with van der Waals surface area (Å²) in [4.78, 5) is 12.1. The van der Waals surface area contributed by atoms with Crippen molar-refractivity contribution in [3.63, 3.8) is 0 Å². The summed E-state index contributed by atoms with van der Waals surface area (Å²) in [5, 5.41) is 7.86. The van der Waals surface area contributed by atoms with E-state index >= 15 is 0 Å². The van der Waals surface area contributed by atoms with Gasteiger partial charge in [0.2, 0.25) is 0 Å². The Balaban J connectivity index is 2.21. The Bertz CT molecular complexity index is 370. The minimum Gasteiger partial charge on any atom is -0.299 e. The predicted octanol–water partition coefficient (Wildman–Crippen LogP) is 2.02. The van der Waals surface area contributed by atoms with Gasteiger partial charge in [-0.25, -0.2) is 4.68 Å². The number of carbonyl (C=O) groups is 1. The first-order chi connectivity index (χ1) is 7.51. The van der Waals surface area contributed by atoms with Crippen molar-refractivity contribution in [3.8, 4) is 0 Å². The molecular formula is C12H19N3O. The quantitative estimate of drug-likeness (QED) is 0.767. The molecule has 4 heteroatoms. The fourth-order valence-corrected chi connectivity index (χ4v) is 2.62. The fraction of sp³-hybridized carbons (Fsp3) is 0.750. The van der Waals surface area contributed by atoms with E-state index < -0.39 is 0 Å². The number of nitrogens with zero attached hydrogens (tertiary/aromatic N) is 3. The molecule has 0 bridgehead atoms. The Morgan fingerprint density at radius 3 is 2.75 bits per heavy atom. The van der Waals surface area contributed by atoms with Gasteiger partial charge in [0.15, 0.2) is 0 Å². The van der Waals surface area contributed by atoms with Gasteiger partial charge in [0.25, 0.3) is 0 Å². The smallest absolute Gasteiger partial charge is 0.138 e. The summed E-state index contributed by atoms with van der Waals surface area (Å²) in [7, 11) is 0. The van der Waals surface area contributed by atoms with E-state index in [0.29, 0.717) is 18.1 Å². The molecule has 0 saturated heterocycles. The molecule has 0 N–H and O–H groups in total. The van der Waals surface area contributed by atoms with Crippen LogP contribution >= 0.6 is 0 Å². The lowest BCUT2D eigenvalue weighted by Crippen LogP contribution is -2.43. The van der Waals surface area contributed by atoms with Crippen LogP contribution < -0.4 is 0 Å². The molecular weight excluding hydrogens is 202 g/mol. The number of hydrogen-bond donors (Lipinski definition) is 0. The summed E-state index contributed by atoms with van der Waals surface area (Å²) in [6, 6.07) is 0. The van der Waals surface area contributed by atoms with Gasteiger partial charge < -0.3 is 0 Å². The molecule has 88 valence electrons. The maximum atomic E-state index is 12.1. The van der Waals surface area contributed by atoms with Crippen LogP contribution in [0.1, 0.15) is 40.0 Å². The van der Waals surface area contributed by atoms with Crippen molar-refractivity contribution < 1.29 is 4.79 Å². The molecule has 1 aromatic rings. The van der Waals surface area contributed by atoms with Gasteiger partial charge in [-0.2, -0.15) is 0 Å². The zero-order valence-corrected chi connectivity index (χ0v) is 10.2. The summed E-state index contributed by atoms with van der Waals surface area (Å²) in [6.45, 7) is 6.29. The topological polar surface area (TPSA) is 47.8 Å². The van der Waals surface area contributed by atoms with Gasteiger partial charge in [-0.05, 0) is 32.6 Å². The molecule has 4 nitrogen and oxygen atoms in total. The molecule has 1 unspecified atom stereocenters. The SMILES string of the molecule is C[C@@H]1CCC(C(C)(C)n2ccnn2)C(=O)C1. The molecule has 0 radical (unpaired) electrons. The number of Topliss-reactive ketones (excluding diaryl/α,β-unsaturated/α-hetero) is 1. The van der Waals surface area contributed by atoms with Crippen LogP contribution in [0.15, 0.2) is 12.4 Å². The van der Waals surface area contributed by atoms with Crippen molar-refractivity contribution in [2.75, 3.05) is 0 Å². The lowest BCUT2D eigenvalue weighted by atomic mass is 9.73. The van der Waals surface area contributed by atoms with Crippen LogP contribution in [0, 0.1) is 11.8 Å². The van der Waals surface area contributed by atoms with E-state index in [4.69, 9.17) is 0 Å². The zero-order chi connectivity index (χ0) is 11.8. The molecule has 2 atom stereocenters. The molecule has 0 aliphatic heterocycles. The third-order valence-corrected chi connectivity index (χ3v) is 3.75. The average Bonchev–Trinajstić information content (AvgIpc) is 2.69. The first kappa shape index (κ1) is 11.3. The highest BCUT2D eigenvalue weighted by molar-refractivity contribution is 5.82. The maximum Gasteiger partial charge on any atom is 0.138 e. The van der Waals surface area contributed by atoms with Crippen LogP contribution in [0.25, 0.3) is 0 Å². The number of ketones is 1. The molecule has 2 rings (SSSR count). The van der Waals surface area contributed by atoms with E-state index in [2.05, 4.69) is 31.1 Å². The molecule has 0 amide bonds. The molecule has 1 fully saturated rings. The number of hydrogen-bond acceptors (Lipinski definition) is 3. The van der Waals surface area contributed by atoms with Gasteiger partial charge >= 0.3 is 0 Å². The van der Waals surface area contributed by atoms with Gasteiger partial charge in [0.05, 0.1) is 11.7 Å².